The molecule has 1 aliphatic rings. The SMILES string of the molecule is CC1Oc2ccccc2/C(=N/OCc2ccccc2)C1n1ccnc1.O=[N+]([O-])O. The monoisotopic (exact) mass is 396 g/mol. The highest BCUT2D eigenvalue weighted by Crippen LogP contribution is 2.34. The van der Waals surface area contributed by atoms with Crippen LogP contribution in [-0.4, -0.2) is 31.7 Å². The Morgan fingerprint density at radius 1 is 1.24 bits per heavy atom. The van der Waals surface area contributed by atoms with Crippen molar-refractivity contribution >= 4 is 5.71 Å². The van der Waals surface area contributed by atoms with E-state index in [4.69, 9.17) is 24.9 Å². The maximum absolute atomic E-state index is 8.36. The third kappa shape index (κ3) is 5.10. The van der Waals surface area contributed by atoms with Gasteiger partial charge in [-0.25, -0.2) is 4.98 Å². The number of nitrogens with zero attached hydrogens (tertiary/aromatic N) is 4. The Hall–Kier alpha value is -3.88. The highest BCUT2D eigenvalue weighted by atomic mass is 16.9. The van der Waals surface area contributed by atoms with Crippen molar-refractivity contribution in [3.63, 3.8) is 0 Å². The Kier molecular flexibility index (Phi) is 6.41. The van der Waals surface area contributed by atoms with E-state index in [2.05, 4.69) is 10.1 Å². The van der Waals surface area contributed by atoms with Crippen LogP contribution in [0.25, 0.3) is 0 Å². The quantitative estimate of drug-likeness (QED) is 0.534. The summed E-state index contributed by atoms with van der Waals surface area (Å²) in [5.74, 6) is 0.827. The molecule has 9 heteroatoms. The van der Waals surface area contributed by atoms with Gasteiger partial charge in [0.15, 0.2) is 0 Å². The Morgan fingerprint density at radius 3 is 2.62 bits per heavy atom. The molecule has 9 nitrogen and oxygen atoms in total. The highest BCUT2D eigenvalue weighted by molar-refractivity contribution is 6.06. The van der Waals surface area contributed by atoms with Crippen LogP contribution in [0.1, 0.15) is 24.1 Å². The second-order valence-electron chi connectivity index (χ2n) is 6.25. The molecule has 2 aromatic carbocycles. The molecule has 0 amide bonds. The number of para-hydroxylation sites is 1. The lowest BCUT2D eigenvalue weighted by Gasteiger charge is -2.32. The zero-order valence-electron chi connectivity index (χ0n) is 15.7. The zero-order valence-corrected chi connectivity index (χ0v) is 15.7. The summed E-state index contributed by atoms with van der Waals surface area (Å²) in [5.41, 5.74) is 2.88. The van der Waals surface area contributed by atoms with E-state index in [0.717, 1.165) is 22.6 Å². The summed E-state index contributed by atoms with van der Waals surface area (Å²) in [7, 11) is 0. The maximum atomic E-state index is 8.36. The van der Waals surface area contributed by atoms with Crippen LogP contribution in [-0.2, 0) is 11.4 Å². The van der Waals surface area contributed by atoms with Crippen molar-refractivity contribution < 1.29 is 19.9 Å². The molecule has 0 saturated carbocycles. The first-order valence-corrected chi connectivity index (χ1v) is 8.87. The minimum atomic E-state index is -1.50. The Balaban J connectivity index is 0.000000552. The van der Waals surface area contributed by atoms with E-state index in [9.17, 15) is 0 Å². The molecule has 150 valence electrons. The topological polar surface area (TPSA) is 112 Å². The van der Waals surface area contributed by atoms with E-state index >= 15 is 0 Å². The molecule has 0 bridgehead atoms. The standard InChI is InChI=1S/C20H19N3O2.HNO3/c1-15-20(23-12-11-21-14-23)19(17-9-5-6-10-18(17)25-15)22-24-13-16-7-3-2-4-8-16;2-1(3)4/h2-12,14-15,20H,13H2,1H3;(H,2,3,4)/b22-19-;. The maximum Gasteiger partial charge on any atom is 0.291 e. The molecule has 0 radical (unpaired) electrons. The van der Waals surface area contributed by atoms with E-state index in [1.165, 1.54) is 0 Å². The fraction of sp³-hybridized carbons (Fsp3) is 0.200. The summed E-state index contributed by atoms with van der Waals surface area (Å²) in [6, 6.07) is 17.8. The summed E-state index contributed by atoms with van der Waals surface area (Å²) < 4.78 is 8.08. The van der Waals surface area contributed by atoms with Crippen molar-refractivity contribution in [1.29, 1.82) is 0 Å². The van der Waals surface area contributed by atoms with Gasteiger partial charge in [-0.2, -0.15) is 0 Å². The van der Waals surface area contributed by atoms with Crippen LogP contribution in [0, 0.1) is 10.1 Å². The number of fused-ring (bicyclic) bond motifs is 1. The first-order valence-electron chi connectivity index (χ1n) is 8.87. The molecule has 0 spiro atoms. The number of benzene rings is 2. The van der Waals surface area contributed by atoms with Crippen molar-refractivity contribution in [2.24, 2.45) is 5.16 Å². The predicted octanol–water partition coefficient (Wildman–Crippen LogP) is 3.48. The van der Waals surface area contributed by atoms with E-state index in [0.29, 0.717) is 6.61 Å². The van der Waals surface area contributed by atoms with Crippen molar-refractivity contribution in [2.75, 3.05) is 0 Å². The van der Waals surface area contributed by atoms with Gasteiger partial charge in [-0.1, -0.05) is 47.6 Å². The number of hydrogen-bond acceptors (Lipinski definition) is 6. The summed E-state index contributed by atoms with van der Waals surface area (Å²) in [6.07, 6.45) is 5.38. The van der Waals surface area contributed by atoms with E-state index in [1.807, 2.05) is 72.3 Å². The first-order chi connectivity index (χ1) is 14.1. The molecule has 1 aliphatic heterocycles. The van der Waals surface area contributed by atoms with Crippen LogP contribution in [0.2, 0.25) is 0 Å². The highest BCUT2D eigenvalue weighted by Gasteiger charge is 2.34. The third-order valence-corrected chi connectivity index (χ3v) is 4.28. The Bertz CT molecular complexity index is 956. The van der Waals surface area contributed by atoms with Crippen LogP contribution in [0.4, 0.5) is 0 Å². The second-order valence-corrected chi connectivity index (χ2v) is 6.25. The second kappa shape index (κ2) is 9.36. The molecule has 4 rings (SSSR count). The minimum Gasteiger partial charge on any atom is -0.487 e. The lowest BCUT2D eigenvalue weighted by molar-refractivity contribution is -0.742. The van der Waals surface area contributed by atoms with Gasteiger partial charge in [-0.3, -0.25) is 0 Å². The van der Waals surface area contributed by atoms with E-state index < -0.39 is 5.09 Å². The van der Waals surface area contributed by atoms with Crippen molar-refractivity contribution in [3.05, 3.63) is 94.6 Å². The number of ether oxygens (including phenoxy) is 1. The molecule has 1 N–H and O–H groups in total. The number of rotatable bonds is 4. The lowest BCUT2D eigenvalue weighted by atomic mass is 9.95. The van der Waals surface area contributed by atoms with Gasteiger partial charge in [0.2, 0.25) is 0 Å². The number of aromatic nitrogens is 2. The normalized spacial score (nSPS) is 18.7. The third-order valence-electron chi connectivity index (χ3n) is 4.28. The summed E-state index contributed by atoms with van der Waals surface area (Å²) in [5, 5.41) is 18.1. The fourth-order valence-corrected chi connectivity index (χ4v) is 3.10. The molecular weight excluding hydrogens is 376 g/mol. The van der Waals surface area contributed by atoms with Crippen LogP contribution >= 0.6 is 0 Å². The lowest BCUT2D eigenvalue weighted by Crippen LogP contribution is -2.37. The first kappa shape index (κ1) is 19.9. The molecule has 2 atom stereocenters. The van der Waals surface area contributed by atoms with Crippen molar-refractivity contribution in [2.45, 2.75) is 25.7 Å². The van der Waals surface area contributed by atoms with Gasteiger partial charge in [-0.15, -0.1) is 10.1 Å². The molecule has 3 aromatic rings. The van der Waals surface area contributed by atoms with Gasteiger partial charge in [0.1, 0.15) is 30.2 Å². The van der Waals surface area contributed by atoms with Gasteiger partial charge in [0.25, 0.3) is 5.09 Å². The van der Waals surface area contributed by atoms with E-state index in [-0.39, 0.29) is 12.1 Å². The van der Waals surface area contributed by atoms with Crippen LogP contribution < -0.4 is 4.74 Å². The molecule has 2 unspecified atom stereocenters. The predicted molar refractivity (Wildman–Crippen MR) is 104 cm³/mol. The van der Waals surface area contributed by atoms with Crippen LogP contribution in [0.3, 0.4) is 0 Å². The smallest absolute Gasteiger partial charge is 0.291 e. The average Bonchev–Trinajstić information content (AvgIpc) is 3.22. The van der Waals surface area contributed by atoms with Gasteiger partial charge in [0.05, 0.1) is 6.33 Å². The minimum absolute atomic E-state index is 0.0804. The number of hydrogen-bond donors (Lipinski definition) is 1. The van der Waals surface area contributed by atoms with Gasteiger partial charge in [-0.05, 0) is 24.6 Å². The van der Waals surface area contributed by atoms with E-state index in [1.54, 1.807) is 12.5 Å². The Labute approximate surface area is 166 Å². The van der Waals surface area contributed by atoms with Crippen molar-refractivity contribution in [1.82, 2.24) is 9.55 Å². The molecule has 29 heavy (non-hydrogen) atoms. The summed E-state index contributed by atoms with van der Waals surface area (Å²) in [6.45, 7) is 2.46. The fourth-order valence-electron chi connectivity index (χ4n) is 3.10. The number of oxime groups is 1. The van der Waals surface area contributed by atoms with Crippen LogP contribution in [0.15, 0.2) is 78.5 Å². The largest absolute Gasteiger partial charge is 0.487 e. The molecular formula is C20H20N4O5. The van der Waals surface area contributed by atoms with Gasteiger partial charge in [0, 0.05) is 18.0 Å². The van der Waals surface area contributed by atoms with Crippen molar-refractivity contribution in [3.8, 4) is 5.75 Å². The molecule has 0 saturated heterocycles. The van der Waals surface area contributed by atoms with Crippen LogP contribution in [0.5, 0.6) is 5.75 Å². The van der Waals surface area contributed by atoms with Gasteiger partial charge >= 0.3 is 0 Å². The molecule has 0 aliphatic carbocycles. The summed E-state index contributed by atoms with van der Waals surface area (Å²) >= 11 is 0. The summed E-state index contributed by atoms with van der Waals surface area (Å²) in [4.78, 5) is 18.2. The van der Waals surface area contributed by atoms with Gasteiger partial charge < -0.3 is 19.3 Å². The Morgan fingerprint density at radius 2 is 1.93 bits per heavy atom. The number of imidazole rings is 1. The average molecular weight is 396 g/mol. The molecule has 0 fully saturated rings. The zero-order chi connectivity index (χ0) is 20.6. The molecule has 2 heterocycles. The molecule has 1 aromatic heterocycles.